The maximum Gasteiger partial charge on any atom is 0.344 e. The predicted octanol–water partition coefficient (Wildman–Crippen LogP) is 3.47. The van der Waals surface area contributed by atoms with Gasteiger partial charge in [-0.25, -0.2) is 9.59 Å². The summed E-state index contributed by atoms with van der Waals surface area (Å²) >= 11 is 0. The van der Waals surface area contributed by atoms with Crippen LogP contribution >= 0.6 is 0 Å². The van der Waals surface area contributed by atoms with Gasteiger partial charge in [-0.2, -0.15) is 0 Å². The van der Waals surface area contributed by atoms with Gasteiger partial charge in [0, 0.05) is 6.21 Å². The van der Waals surface area contributed by atoms with E-state index in [1.54, 1.807) is 61.7 Å². The van der Waals surface area contributed by atoms with E-state index >= 15 is 0 Å². The van der Waals surface area contributed by atoms with Gasteiger partial charge in [0.25, 0.3) is 0 Å². The van der Waals surface area contributed by atoms with Crippen LogP contribution in [0.3, 0.4) is 0 Å². The van der Waals surface area contributed by atoms with E-state index in [9.17, 15) is 9.59 Å². The van der Waals surface area contributed by atoms with Crippen molar-refractivity contribution in [1.82, 2.24) is 0 Å². The molecule has 0 fully saturated rings. The molecule has 0 saturated heterocycles. The molecule has 6 heteroatoms. The third kappa shape index (κ3) is 5.46. The molecule has 0 saturated carbocycles. The minimum atomic E-state index is -1.02. The summed E-state index contributed by atoms with van der Waals surface area (Å²) in [6.45, 7) is 3.54. The third-order valence-corrected chi connectivity index (χ3v) is 3.26. The molecule has 0 amide bonds. The first-order valence-electron chi connectivity index (χ1n) is 7.80. The lowest BCUT2D eigenvalue weighted by Gasteiger charge is -2.09. The van der Waals surface area contributed by atoms with Crippen molar-refractivity contribution in [3.8, 4) is 5.75 Å². The van der Waals surface area contributed by atoms with Crippen LogP contribution in [0.4, 0.5) is 5.69 Å². The van der Waals surface area contributed by atoms with Gasteiger partial charge in [-0.3, -0.25) is 4.99 Å². The van der Waals surface area contributed by atoms with Crippen molar-refractivity contribution in [2.24, 2.45) is 4.99 Å². The Morgan fingerprint density at radius 3 is 2.56 bits per heavy atom. The van der Waals surface area contributed by atoms with E-state index in [1.807, 2.05) is 0 Å². The first-order valence-corrected chi connectivity index (χ1v) is 7.80. The minimum Gasteiger partial charge on any atom is -0.479 e. The molecule has 0 bridgehead atoms. The van der Waals surface area contributed by atoms with Crippen molar-refractivity contribution in [1.29, 1.82) is 0 Å². The smallest absolute Gasteiger partial charge is 0.344 e. The number of ether oxygens (including phenoxy) is 2. The van der Waals surface area contributed by atoms with Crippen LogP contribution in [0.25, 0.3) is 0 Å². The summed E-state index contributed by atoms with van der Waals surface area (Å²) in [6, 6.07) is 13.7. The van der Waals surface area contributed by atoms with Crippen molar-refractivity contribution in [3.05, 3.63) is 59.7 Å². The first-order chi connectivity index (χ1) is 12.0. The Morgan fingerprint density at radius 1 is 1.20 bits per heavy atom. The molecule has 0 heterocycles. The molecule has 0 radical (unpaired) electrons. The standard InChI is InChI=1S/C19H19NO5/c1-3-24-19(23)15-5-4-6-16(11-15)20-12-14-7-9-17(10-8-14)25-13(2)18(21)22/h4-13H,3H2,1-2H3,(H,21,22)/t13-/m1/s1. The zero-order valence-electron chi connectivity index (χ0n) is 14.0. The third-order valence-electron chi connectivity index (χ3n) is 3.26. The number of rotatable bonds is 7. The van der Waals surface area contributed by atoms with Gasteiger partial charge in [-0.1, -0.05) is 6.07 Å². The highest BCUT2D eigenvalue weighted by molar-refractivity contribution is 5.91. The number of esters is 1. The molecular formula is C19H19NO5. The Kier molecular flexibility index (Phi) is 6.28. The fourth-order valence-electron chi connectivity index (χ4n) is 1.96. The van der Waals surface area contributed by atoms with Gasteiger partial charge in [0.05, 0.1) is 17.9 Å². The van der Waals surface area contributed by atoms with Crippen molar-refractivity contribution in [3.63, 3.8) is 0 Å². The number of carbonyl (C=O) groups excluding carboxylic acids is 1. The van der Waals surface area contributed by atoms with Gasteiger partial charge in [0.1, 0.15) is 5.75 Å². The zero-order chi connectivity index (χ0) is 18.2. The molecule has 6 nitrogen and oxygen atoms in total. The summed E-state index contributed by atoms with van der Waals surface area (Å²) in [5, 5.41) is 8.82. The highest BCUT2D eigenvalue weighted by Gasteiger charge is 2.11. The number of hydrogen-bond acceptors (Lipinski definition) is 5. The van der Waals surface area contributed by atoms with Crippen molar-refractivity contribution < 1.29 is 24.2 Å². The summed E-state index contributed by atoms with van der Waals surface area (Å²) < 4.78 is 10.2. The van der Waals surface area contributed by atoms with E-state index in [2.05, 4.69) is 4.99 Å². The number of benzene rings is 2. The van der Waals surface area contributed by atoms with E-state index in [0.29, 0.717) is 23.6 Å². The topological polar surface area (TPSA) is 85.2 Å². The van der Waals surface area contributed by atoms with E-state index in [0.717, 1.165) is 5.56 Å². The van der Waals surface area contributed by atoms with E-state index < -0.39 is 12.1 Å². The molecular weight excluding hydrogens is 322 g/mol. The molecule has 25 heavy (non-hydrogen) atoms. The van der Waals surface area contributed by atoms with E-state index in [-0.39, 0.29) is 5.97 Å². The fourth-order valence-corrected chi connectivity index (χ4v) is 1.96. The molecule has 0 aromatic heterocycles. The van der Waals surface area contributed by atoms with Crippen LogP contribution in [0.5, 0.6) is 5.75 Å². The van der Waals surface area contributed by atoms with Gasteiger partial charge < -0.3 is 14.6 Å². The monoisotopic (exact) mass is 341 g/mol. The number of nitrogens with zero attached hydrogens (tertiary/aromatic N) is 1. The molecule has 2 rings (SSSR count). The second kappa shape index (κ2) is 8.63. The number of carboxylic acids is 1. The van der Waals surface area contributed by atoms with Crippen LogP contribution in [-0.4, -0.2) is 36.0 Å². The zero-order valence-corrected chi connectivity index (χ0v) is 14.0. The number of carboxylic acid groups (broad SMARTS) is 1. The average molecular weight is 341 g/mol. The molecule has 2 aromatic rings. The van der Waals surface area contributed by atoms with Crippen LogP contribution in [0.1, 0.15) is 29.8 Å². The Morgan fingerprint density at radius 2 is 1.92 bits per heavy atom. The van der Waals surface area contributed by atoms with Gasteiger partial charge in [-0.15, -0.1) is 0 Å². The van der Waals surface area contributed by atoms with Crippen LogP contribution in [0, 0.1) is 0 Å². The minimum absolute atomic E-state index is 0.321. The lowest BCUT2D eigenvalue weighted by molar-refractivity contribution is -0.144. The summed E-state index contributed by atoms with van der Waals surface area (Å²) in [5.74, 6) is -0.933. The SMILES string of the molecule is CCOC(=O)c1cccc(N=Cc2ccc(O[C@H](C)C(=O)O)cc2)c1. The average Bonchev–Trinajstić information content (AvgIpc) is 2.61. The molecule has 0 spiro atoms. The molecule has 1 atom stereocenters. The summed E-state index contributed by atoms with van der Waals surface area (Å²) in [5.41, 5.74) is 1.89. The Labute approximate surface area is 145 Å². The lowest BCUT2D eigenvalue weighted by atomic mass is 10.2. The summed E-state index contributed by atoms with van der Waals surface area (Å²) in [7, 11) is 0. The normalized spacial score (nSPS) is 11.9. The molecule has 0 unspecified atom stereocenters. The van der Waals surface area contributed by atoms with Crippen molar-refractivity contribution in [2.45, 2.75) is 20.0 Å². The molecule has 0 aliphatic carbocycles. The quantitative estimate of drug-likeness (QED) is 0.616. The Bertz CT molecular complexity index is 768. The summed E-state index contributed by atoms with van der Waals surface area (Å²) in [4.78, 5) is 26.8. The van der Waals surface area contributed by atoms with Gasteiger partial charge in [-0.05, 0) is 61.9 Å². The molecule has 1 N–H and O–H groups in total. The van der Waals surface area contributed by atoms with Gasteiger partial charge in [0.2, 0.25) is 0 Å². The first kappa shape index (κ1) is 18.2. The molecule has 0 aliphatic heterocycles. The second-order valence-electron chi connectivity index (χ2n) is 5.20. The highest BCUT2D eigenvalue weighted by atomic mass is 16.5. The lowest BCUT2D eigenvalue weighted by Crippen LogP contribution is -2.22. The number of aliphatic carboxylic acids is 1. The largest absolute Gasteiger partial charge is 0.479 e. The number of hydrogen-bond donors (Lipinski definition) is 1. The summed E-state index contributed by atoms with van der Waals surface area (Å²) in [6.07, 6.45) is 0.736. The highest BCUT2D eigenvalue weighted by Crippen LogP contribution is 2.17. The fraction of sp³-hybridized carbons (Fsp3) is 0.211. The van der Waals surface area contributed by atoms with Gasteiger partial charge >= 0.3 is 11.9 Å². The number of aliphatic imine (C=N–C) groups is 1. The molecule has 130 valence electrons. The van der Waals surface area contributed by atoms with Gasteiger partial charge in [0.15, 0.2) is 6.10 Å². The Hall–Kier alpha value is -3.15. The van der Waals surface area contributed by atoms with Crippen LogP contribution in [-0.2, 0) is 9.53 Å². The van der Waals surface area contributed by atoms with Crippen LogP contribution in [0.2, 0.25) is 0 Å². The maximum atomic E-state index is 11.7. The Balaban J connectivity index is 2.05. The van der Waals surface area contributed by atoms with Crippen LogP contribution < -0.4 is 4.74 Å². The molecule has 2 aromatic carbocycles. The van der Waals surface area contributed by atoms with Crippen LogP contribution in [0.15, 0.2) is 53.5 Å². The second-order valence-corrected chi connectivity index (χ2v) is 5.20. The van der Waals surface area contributed by atoms with E-state index in [1.165, 1.54) is 6.92 Å². The van der Waals surface area contributed by atoms with E-state index in [4.69, 9.17) is 14.6 Å². The molecule has 0 aliphatic rings. The number of carbonyl (C=O) groups is 2. The van der Waals surface area contributed by atoms with Crippen molar-refractivity contribution in [2.75, 3.05) is 6.61 Å². The van der Waals surface area contributed by atoms with Crippen molar-refractivity contribution >= 4 is 23.8 Å². The predicted molar refractivity (Wildman–Crippen MR) is 93.8 cm³/mol. The maximum absolute atomic E-state index is 11.7.